The normalized spacial score (nSPS) is 13.7. The van der Waals surface area contributed by atoms with E-state index in [2.05, 4.69) is 15.5 Å². The van der Waals surface area contributed by atoms with Crippen LogP contribution in [0.2, 0.25) is 0 Å². The highest BCUT2D eigenvalue weighted by Crippen LogP contribution is 2.16. The molecule has 0 atom stereocenters. The molecule has 0 radical (unpaired) electrons. The molecule has 1 aliphatic heterocycles. The summed E-state index contributed by atoms with van der Waals surface area (Å²) in [4.78, 5) is 26.1. The molecule has 0 saturated carbocycles. The molecule has 3 aromatic rings. The molecule has 0 aliphatic carbocycles. The highest BCUT2D eigenvalue weighted by atomic mass is 16.5. The van der Waals surface area contributed by atoms with Gasteiger partial charge in [-0.1, -0.05) is 30.3 Å². The molecule has 8 heteroatoms. The second-order valence-electron chi connectivity index (χ2n) is 6.54. The van der Waals surface area contributed by atoms with Crippen molar-refractivity contribution in [1.82, 2.24) is 25.1 Å². The van der Waals surface area contributed by atoms with Crippen LogP contribution in [-0.4, -0.2) is 43.5 Å². The molecule has 142 valence electrons. The Labute approximate surface area is 161 Å². The van der Waals surface area contributed by atoms with Crippen molar-refractivity contribution in [1.29, 1.82) is 0 Å². The first-order valence-electron chi connectivity index (χ1n) is 9.07. The molecule has 1 saturated heterocycles. The minimum absolute atomic E-state index is 0.0461. The van der Waals surface area contributed by atoms with E-state index >= 15 is 0 Å². The lowest BCUT2D eigenvalue weighted by Crippen LogP contribution is -2.23. The van der Waals surface area contributed by atoms with Crippen LogP contribution >= 0.6 is 0 Å². The summed E-state index contributed by atoms with van der Waals surface area (Å²) in [6.07, 6.45) is 1.48. The van der Waals surface area contributed by atoms with E-state index in [-0.39, 0.29) is 12.5 Å². The zero-order chi connectivity index (χ0) is 19.3. The van der Waals surface area contributed by atoms with Gasteiger partial charge < -0.3 is 9.64 Å². The Balaban J connectivity index is 1.42. The molecule has 1 aliphatic rings. The lowest BCUT2D eigenvalue weighted by molar-refractivity contribution is -0.128. The molecule has 2 aromatic carbocycles. The Morgan fingerprint density at radius 3 is 2.75 bits per heavy atom. The van der Waals surface area contributed by atoms with Gasteiger partial charge in [0.25, 0.3) is 0 Å². The van der Waals surface area contributed by atoms with Gasteiger partial charge >= 0.3 is 5.97 Å². The zero-order valence-electron chi connectivity index (χ0n) is 15.2. The number of ether oxygens (including phenoxy) is 1. The quantitative estimate of drug-likeness (QED) is 0.612. The number of hydrogen-bond acceptors (Lipinski definition) is 6. The van der Waals surface area contributed by atoms with Gasteiger partial charge in [0.2, 0.25) is 5.91 Å². The van der Waals surface area contributed by atoms with E-state index in [4.69, 9.17) is 4.74 Å². The third kappa shape index (κ3) is 3.90. The first-order valence-corrected chi connectivity index (χ1v) is 9.07. The van der Waals surface area contributed by atoms with Crippen LogP contribution in [0.5, 0.6) is 0 Å². The molecule has 0 bridgehead atoms. The van der Waals surface area contributed by atoms with Gasteiger partial charge in [-0.15, -0.1) is 5.10 Å². The second kappa shape index (κ2) is 7.99. The molecule has 2 heterocycles. The Morgan fingerprint density at radius 1 is 1.11 bits per heavy atom. The standard InChI is InChI=1S/C20H19N5O3/c26-19-10-5-11-24(19)13-15-6-4-7-16(12-15)20(27)28-14-18-21-22-23-25(18)17-8-2-1-3-9-17/h1-4,6-9,12H,5,10-11,13-14H2. The fourth-order valence-corrected chi connectivity index (χ4v) is 3.17. The zero-order valence-corrected chi connectivity index (χ0v) is 15.2. The van der Waals surface area contributed by atoms with Crippen molar-refractivity contribution >= 4 is 11.9 Å². The monoisotopic (exact) mass is 377 g/mol. The van der Waals surface area contributed by atoms with Crippen molar-refractivity contribution in [3.8, 4) is 5.69 Å². The number of likely N-dealkylation sites (tertiary alicyclic amines) is 1. The summed E-state index contributed by atoms with van der Waals surface area (Å²) in [5.74, 6) is 0.122. The summed E-state index contributed by atoms with van der Waals surface area (Å²) < 4.78 is 6.93. The maximum absolute atomic E-state index is 12.5. The van der Waals surface area contributed by atoms with Gasteiger partial charge in [0.1, 0.15) is 0 Å². The summed E-state index contributed by atoms with van der Waals surface area (Å²) in [5, 5.41) is 11.5. The van der Waals surface area contributed by atoms with E-state index in [9.17, 15) is 9.59 Å². The average molecular weight is 377 g/mol. The van der Waals surface area contributed by atoms with E-state index in [1.165, 1.54) is 4.68 Å². The topological polar surface area (TPSA) is 90.2 Å². The van der Waals surface area contributed by atoms with Crippen LogP contribution in [0, 0.1) is 0 Å². The number of rotatable bonds is 6. The second-order valence-corrected chi connectivity index (χ2v) is 6.54. The Kier molecular flexibility index (Phi) is 5.09. The van der Waals surface area contributed by atoms with E-state index in [1.54, 1.807) is 23.1 Å². The fourth-order valence-electron chi connectivity index (χ4n) is 3.17. The number of nitrogens with zero attached hydrogens (tertiary/aromatic N) is 5. The van der Waals surface area contributed by atoms with Crippen LogP contribution in [0.15, 0.2) is 54.6 Å². The third-order valence-corrected chi connectivity index (χ3v) is 4.57. The molecule has 8 nitrogen and oxygen atoms in total. The van der Waals surface area contributed by atoms with Crippen LogP contribution < -0.4 is 0 Å². The van der Waals surface area contributed by atoms with Gasteiger partial charge in [0, 0.05) is 19.5 Å². The third-order valence-electron chi connectivity index (χ3n) is 4.57. The minimum atomic E-state index is -0.461. The molecule has 1 amide bonds. The molecule has 0 N–H and O–H groups in total. The lowest BCUT2D eigenvalue weighted by atomic mass is 10.1. The summed E-state index contributed by atoms with van der Waals surface area (Å²) >= 11 is 0. The van der Waals surface area contributed by atoms with Gasteiger partial charge in [-0.25, -0.2) is 4.79 Å². The molecular weight excluding hydrogens is 358 g/mol. The van der Waals surface area contributed by atoms with Crippen LogP contribution in [0.3, 0.4) is 0 Å². The van der Waals surface area contributed by atoms with Gasteiger partial charge in [-0.3, -0.25) is 4.79 Å². The largest absolute Gasteiger partial charge is 0.454 e. The number of carbonyl (C=O) groups excluding carboxylic acids is 2. The smallest absolute Gasteiger partial charge is 0.338 e. The summed E-state index contributed by atoms with van der Waals surface area (Å²) in [6, 6.07) is 16.5. The van der Waals surface area contributed by atoms with Crippen molar-refractivity contribution in [2.45, 2.75) is 26.0 Å². The highest BCUT2D eigenvalue weighted by molar-refractivity contribution is 5.89. The van der Waals surface area contributed by atoms with E-state index in [0.29, 0.717) is 24.4 Å². The van der Waals surface area contributed by atoms with E-state index < -0.39 is 5.97 Å². The van der Waals surface area contributed by atoms with Gasteiger partial charge in [0.15, 0.2) is 12.4 Å². The van der Waals surface area contributed by atoms with Crippen LogP contribution in [-0.2, 0) is 22.7 Å². The molecule has 0 spiro atoms. The number of carbonyl (C=O) groups is 2. The molecule has 1 aromatic heterocycles. The predicted molar refractivity (Wildman–Crippen MR) is 99.4 cm³/mol. The van der Waals surface area contributed by atoms with Gasteiger partial charge in [-0.2, -0.15) is 4.68 Å². The van der Waals surface area contributed by atoms with Crippen LogP contribution in [0.25, 0.3) is 5.69 Å². The number of hydrogen-bond donors (Lipinski definition) is 0. The maximum atomic E-state index is 12.5. The molecule has 0 unspecified atom stereocenters. The predicted octanol–water partition coefficient (Wildman–Crippen LogP) is 2.14. The van der Waals surface area contributed by atoms with Gasteiger partial charge in [0.05, 0.1) is 11.3 Å². The highest BCUT2D eigenvalue weighted by Gasteiger charge is 2.20. The molecular formula is C20H19N5O3. The minimum Gasteiger partial charge on any atom is -0.454 e. The average Bonchev–Trinajstić information content (AvgIpc) is 3.36. The van der Waals surface area contributed by atoms with Crippen LogP contribution in [0.1, 0.15) is 34.6 Å². The first kappa shape index (κ1) is 17.8. The molecule has 4 rings (SSSR count). The number of amides is 1. The van der Waals surface area contributed by atoms with Crippen LogP contribution in [0.4, 0.5) is 0 Å². The summed E-state index contributed by atoms with van der Waals surface area (Å²) in [6.45, 7) is 1.22. The van der Waals surface area contributed by atoms with Crippen molar-refractivity contribution < 1.29 is 14.3 Å². The SMILES string of the molecule is O=C(OCc1nnnn1-c1ccccc1)c1cccc(CN2CCCC2=O)c1. The molecule has 28 heavy (non-hydrogen) atoms. The van der Waals surface area contributed by atoms with Crippen molar-refractivity contribution in [2.24, 2.45) is 0 Å². The van der Waals surface area contributed by atoms with Gasteiger partial charge in [-0.05, 0) is 46.7 Å². The van der Waals surface area contributed by atoms with Crippen molar-refractivity contribution in [3.63, 3.8) is 0 Å². The van der Waals surface area contributed by atoms with Crippen molar-refractivity contribution in [3.05, 3.63) is 71.5 Å². The maximum Gasteiger partial charge on any atom is 0.338 e. The Morgan fingerprint density at radius 2 is 1.96 bits per heavy atom. The van der Waals surface area contributed by atoms with Crippen molar-refractivity contribution in [2.75, 3.05) is 6.54 Å². The number of benzene rings is 2. The number of para-hydroxylation sites is 1. The lowest BCUT2D eigenvalue weighted by Gasteiger charge is -2.15. The molecule has 1 fully saturated rings. The van der Waals surface area contributed by atoms with E-state index in [0.717, 1.165) is 24.2 Å². The fraction of sp³-hybridized carbons (Fsp3) is 0.250. The number of tetrazole rings is 1. The number of esters is 1. The number of aromatic nitrogens is 4. The Bertz CT molecular complexity index is 986. The first-order chi connectivity index (χ1) is 13.7. The van der Waals surface area contributed by atoms with E-state index in [1.807, 2.05) is 36.4 Å². The summed E-state index contributed by atoms with van der Waals surface area (Å²) in [5.41, 5.74) is 2.12. The Hall–Kier alpha value is -3.55. The summed E-state index contributed by atoms with van der Waals surface area (Å²) in [7, 11) is 0.